The highest BCUT2D eigenvalue weighted by atomic mass is 35.5. The second-order valence-electron chi connectivity index (χ2n) is 4.12. The van der Waals surface area contributed by atoms with Crippen LogP contribution in [-0.4, -0.2) is 11.1 Å². The van der Waals surface area contributed by atoms with Crippen molar-refractivity contribution >= 4 is 28.9 Å². The van der Waals surface area contributed by atoms with Crippen molar-refractivity contribution < 1.29 is 9.90 Å². The fourth-order valence-electron chi connectivity index (χ4n) is 1.90. The zero-order chi connectivity index (χ0) is 13.0. The van der Waals surface area contributed by atoms with E-state index in [-0.39, 0.29) is 0 Å². The molecule has 2 nitrogen and oxygen atoms in total. The lowest BCUT2D eigenvalue weighted by atomic mass is 9.93. The van der Waals surface area contributed by atoms with Gasteiger partial charge in [-0.25, -0.2) is 0 Å². The van der Waals surface area contributed by atoms with E-state index in [1.54, 1.807) is 29.5 Å². The molecule has 4 heteroatoms. The molecule has 0 fully saturated rings. The summed E-state index contributed by atoms with van der Waals surface area (Å²) in [5.74, 6) is -1.30. The summed E-state index contributed by atoms with van der Waals surface area (Å²) in [5, 5.41) is 13.9. The van der Waals surface area contributed by atoms with Gasteiger partial charge in [-0.15, -0.1) is 0 Å². The Balaban J connectivity index is 2.11. The van der Waals surface area contributed by atoms with E-state index in [2.05, 4.69) is 5.38 Å². The highest BCUT2D eigenvalue weighted by Crippen LogP contribution is 2.25. The van der Waals surface area contributed by atoms with E-state index < -0.39 is 11.9 Å². The van der Waals surface area contributed by atoms with Crippen molar-refractivity contribution in [2.24, 2.45) is 0 Å². The highest BCUT2D eigenvalue weighted by Gasteiger charge is 2.19. The van der Waals surface area contributed by atoms with E-state index in [9.17, 15) is 9.90 Å². The average molecular weight is 281 g/mol. The van der Waals surface area contributed by atoms with Crippen molar-refractivity contribution in [1.82, 2.24) is 0 Å². The molecule has 18 heavy (non-hydrogen) atoms. The van der Waals surface area contributed by atoms with Crippen LogP contribution in [-0.2, 0) is 11.2 Å². The number of halogens is 1. The Morgan fingerprint density at radius 1 is 1.39 bits per heavy atom. The topological polar surface area (TPSA) is 37.3 Å². The summed E-state index contributed by atoms with van der Waals surface area (Å²) >= 11 is 7.53. The normalized spacial score (nSPS) is 12.3. The largest absolute Gasteiger partial charge is 0.481 e. The van der Waals surface area contributed by atoms with Gasteiger partial charge in [-0.3, -0.25) is 4.79 Å². The van der Waals surface area contributed by atoms with Gasteiger partial charge < -0.3 is 5.11 Å². The Morgan fingerprint density at radius 2 is 2.22 bits per heavy atom. The predicted molar refractivity (Wildman–Crippen MR) is 74.5 cm³/mol. The van der Waals surface area contributed by atoms with Crippen LogP contribution in [0.2, 0.25) is 5.02 Å². The molecule has 0 aliphatic carbocycles. The second kappa shape index (κ2) is 6.03. The smallest absolute Gasteiger partial charge is 0.310 e. The van der Waals surface area contributed by atoms with Crippen LogP contribution < -0.4 is 0 Å². The van der Waals surface area contributed by atoms with Gasteiger partial charge in [-0.1, -0.05) is 23.7 Å². The fraction of sp³-hybridized carbons (Fsp3) is 0.214. The first kappa shape index (κ1) is 13.1. The summed E-state index contributed by atoms with van der Waals surface area (Å²) < 4.78 is 0. The first-order chi connectivity index (χ1) is 8.66. The number of carboxylic acids is 1. The lowest BCUT2D eigenvalue weighted by Gasteiger charge is -2.12. The minimum atomic E-state index is -0.799. The van der Waals surface area contributed by atoms with E-state index >= 15 is 0 Å². The fourth-order valence-corrected chi connectivity index (χ4v) is 2.80. The zero-order valence-corrected chi connectivity index (χ0v) is 11.2. The number of hydrogen-bond donors (Lipinski definition) is 1. The lowest BCUT2D eigenvalue weighted by Crippen LogP contribution is -2.12. The number of aliphatic carboxylic acids is 1. The molecule has 1 aromatic carbocycles. The van der Waals surface area contributed by atoms with E-state index in [4.69, 9.17) is 11.6 Å². The van der Waals surface area contributed by atoms with Crippen LogP contribution in [0, 0.1) is 0 Å². The van der Waals surface area contributed by atoms with Gasteiger partial charge in [0.2, 0.25) is 0 Å². The van der Waals surface area contributed by atoms with Crippen molar-refractivity contribution in [3.63, 3.8) is 0 Å². The van der Waals surface area contributed by atoms with Gasteiger partial charge in [0.15, 0.2) is 0 Å². The number of carboxylic acid groups (broad SMARTS) is 1. The molecule has 1 heterocycles. The zero-order valence-electron chi connectivity index (χ0n) is 9.67. The van der Waals surface area contributed by atoms with Crippen LogP contribution >= 0.6 is 22.9 Å². The van der Waals surface area contributed by atoms with Crippen LogP contribution in [0.3, 0.4) is 0 Å². The maximum absolute atomic E-state index is 11.3. The van der Waals surface area contributed by atoms with E-state index in [1.165, 1.54) is 5.56 Å². The Labute approximate surface area is 115 Å². The number of benzene rings is 1. The molecule has 2 rings (SSSR count). The third-order valence-electron chi connectivity index (χ3n) is 2.85. The summed E-state index contributed by atoms with van der Waals surface area (Å²) in [7, 11) is 0. The Morgan fingerprint density at radius 3 is 2.83 bits per heavy atom. The van der Waals surface area contributed by atoms with Crippen LogP contribution in [0.5, 0.6) is 0 Å². The van der Waals surface area contributed by atoms with Crippen LogP contribution in [0.4, 0.5) is 0 Å². The predicted octanol–water partition coefficient (Wildman–Crippen LogP) is 4.20. The molecule has 94 valence electrons. The molecular formula is C14H13ClO2S. The number of rotatable bonds is 5. The second-order valence-corrected chi connectivity index (χ2v) is 5.33. The number of aryl methyl sites for hydroxylation is 1. The highest BCUT2D eigenvalue weighted by molar-refractivity contribution is 7.07. The maximum Gasteiger partial charge on any atom is 0.310 e. The third-order valence-corrected chi connectivity index (χ3v) is 3.82. The molecule has 1 aromatic heterocycles. The summed E-state index contributed by atoms with van der Waals surface area (Å²) in [6.07, 6.45) is 1.36. The first-order valence-corrected chi connectivity index (χ1v) is 6.98. The lowest BCUT2D eigenvalue weighted by molar-refractivity contribution is -0.138. The van der Waals surface area contributed by atoms with Gasteiger partial charge in [-0.2, -0.15) is 11.3 Å². The number of thiophene rings is 1. The van der Waals surface area contributed by atoms with Gasteiger partial charge in [0.25, 0.3) is 0 Å². The van der Waals surface area contributed by atoms with Crippen molar-refractivity contribution in [2.45, 2.75) is 18.8 Å². The minimum absolute atomic E-state index is 0.497. The maximum atomic E-state index is 11.3. The molecule has 0 bridgehead atoms. The average Bonchev–Trinajstić information content (AvgIpc) is 2.82. The van der Waals surface area contributed by atoms with Crippen LogP contribution in [0.25, 0.3) is 0 Å². The van der Waals surface area contributed by atoms with Crippen LogP contribution in [0.1, 0.15) is 23.5 Å². The van der Waals surface area contributed by atoms with Crippen molar-refractivity contribution in [2.75, 3.05) is 0 Å². The molecule has 0 radical (unpaired) electrons. The molecule has 0 saturated heterocycles. The molecule has 0 spiro atoms. The molecule has 1 atom stereocenters. The number of hydrogen-bond acceptors (Lipinski definition) is 2. The monoisotopic (exact) mass is 280 g/mol. The molecule has 1 unspecified atom stereocenters. The Hall–Kier alpha value is -1.32. The quantitative estimate of drug-likeness (QED) is 0.891. The summed E-state index contributed by atoms with van der Waals surface area (Å²) in [4.78, 5) is 11.3. The van der Waals surface area contributed by atoms with Crippen molar-refractivity contribution in [3.05, 3.63) is 57.2 Å². The molecule has 0 saturated carbocycles. The Kier molecular flexibility index (Phi) is 4.39. The minimum Gasteiger partial charge on any atom is -0.481 e. The van der Waals surface area contributed by atoms with Gasteiger partial charge in [0.05, 0.1) is 5.92 Å². The van der Waals surface area contributed by atoms with E-state index in [1.807, 2.05) is 17.5 Å². The van der Waals surface area contributed by atoms with E-state index in [0.717, 1.165) is 12.0 Å². The SMILES string of the molecule is O=C(O)C(CCc1ccsc1)c1cccc(Cl)c1. The first-order valence-electron chi connectivity index (χ1n) is 5.66. The van der Waals surface area contributed by atoms with Gasteiger partial charge in [-0.05, 0) is 52.9 Å². The van der Waals surface area contributed by atoms with Crippen molar-refractivity contribution in [3.8, 4) is 0 Å². The molecule has 2 aromatic rings. The number of carbonyl (C=O) groups is 1. The van der Waals surface area contributed by atoms with Gasteiger partial charge >= 0.3 is 5.97 Å². The van der Waals surface area contributed by atoms with Crippen LogP contribution in [0.15, 0.2) is 41.1 Å². The summed E-state index contributed by atoms with van der Waals surface area (Å²) in [6, 6.07) is 9.12. The summed E-state index contributed by atoms with van der Waals surface area (Å²) in [5.41, 5.74) is 1.96. The van der Waals surface area contributed by atoms with Crippen molar-refractivity contribution in [1.29, 1.82) is 0 Å². The molecule has 1 N–H and O–H groups in total. The molecule has 0 aliphatic rings. The summed E-state index contributed by atoms with van der Waals surface area (Å²) in [6.45, 7) is 0. The van der Waals surface area contributed by atoms with E-state index in [0.29, 0.717) is 11.4 Å². The van der Waals surface area contributed by atoms with Gasteiger partial charge in [0, 0.05) is 5.02 Å². The molecular weight excluding hydrogens is 268 g/mol. The van der Waals surface area contributed by atoms with Gasteiger partial charge in [0.1, 0.15) is 0 Å². The molecule has 0 aliphatic heterocycles. The third kappa shape index (κ3) is 3.34. The molecule has 0 amide bonds. The standard InChI is InChI=1S/C14H13ClO2S/c15-12-3-1-2-11(8-12)13(14(16)17)5-4-10-6-7-18-9-10/h1-3,6-9,13H,4-5H2,(H,16,17). The Bertz CT molecular complexity index is 522.